The average molecular weight is 380 g/mol. The van der Waals surface area contributed by atoms with Gasteiger partial charge in [-0.1, -0.05) is 36.7 Å². The van der Waals surface area contributed by atoms with Gasteiger partial charge in [-0.15, -0.1) is 10.2 Å². The van der Waals surface area contributed by atoms with E-state index in [1.807, 2.05) is 49.4 Å². The van der Waals surface area contributed by atoms with Crippen LogP contribution in [0, 0.1) is 0 Å². The van der Waals surface area contributed by atoms with Gasteiger partial charge in [-0.3, -0.25) is 4.79 Å². The summed E-state index contributed by atoms with van der Waals surface area (Å²) >= 11 is 6.15. The van der Waals surface area contributed by atoms with E-state index in [0.29, 0.717) is 29.8 Å². The Hall–Kier alpha value is -2.92. The Labute approximate surface area is 162 Å². The number of aryl methyl sites for hydroxylation is 1. The highest BCUT2D eigenvalue weighted by atomic mass is 35.5. The lowest BCUT2D eigenvalue weighted by molar-refractivity contribution is -0.116. The molecule has 1 aromatic heterocycles. The van der Waals surface area contributed by atoms with Crippen LogP contribution in [-0.2, 0) is 17.8 Å². The zero-order chi connectivity index (χ0) is 19.0. The van der Waals surface area contributed by atoms with Gasteiger partial charge in [0, 0.05) is 23.9 Å². The van der Waals surface area contributed by atoms with Crippen LogP contribution < -0.4 is 4.90 Å². The molecule has 0 radical (unpaired) electrons. The van der Waals surface area contributed by atoms with Crippen LogP contribution in [0.25, 0.3) is 23.6 Å². The predicted octanol–water partition coefficient (Wildman–Crippen LogP) is 4.99. The minimum Gasteiger partial charge on any atom is -0.421 e. The van der Waals surface area contributed by atoms with Crippen LogP contribution in [0.4, 0.5) is 5.69 Å². The van der Waals surface area contributed by atoms with Gasteiger partial charge in [-0.25, -0.2) is 0 Å². The van der Waals surface area contributed by atoms with Crippen LogP contribution in [-0.4, -0.2) is 16.1 Å². The van der Waals surface area contributed by atoms with E-state index >= 15 is 0 Å². The van der Waals surface area contributed by atoms with Gasteiger partial charge in [0.15, 0.2) is 0 Å². The summed E-state index contributed by atoms with van der Waals surface area (Å²) in [6, 6.07) is 11.5. The number of amides is 1. The highest BCUT2D eigenvalue weighted by Gasteiger charge is 2.19. The van der Waals surface area contributed by atoms with E-state index in [9.17, 15) is 4.79 Å². The van der Waals surface area contributed by atoms with Crippen molar-refractivity contribution in [1.82, 2.24) is 10.2 Å². The Morgan fingerprint density at radius 3 is 2.70 bits per heavy atom. The highest BCUT2D eigenvalue weighted by molar-refractivity contribution is 6.30. The first kappa shape index (κ1) is 17.5. The van der Waals surface area contributed by atoms with Crippen molar-refractivity contribution < 1.29 is 9.21 Å². The molecule has 27 heavy (non-hydrogen) atoms. The first-order chi connectivity index (χ1) is 13.0. The van der Waals surface area contributed by atoms with Gasteiger partial charge in [0.1, 0.15) is 0 Å². The Morgan fingerprint density at radius 2 is 1.96 bits per heavy atom. The smallest absolute Gasteiger partial charge is 0.247 e. The van der Waals surface area contributed by atoms with Gasteiger partial charge in [-0.2, -0.15) is 0 Å². The topological polar surface area (TPSA) is 59.2 Å². The van der Waals surface area contributed by atoms with E-state index in [4.69, 9.17) is 16.0 Å². The van der Waals surface area contributed by atoms with Gasteiger partial charge in [-0.05, 0) is 47.0 Å². The van der Waals surface area contributed by atoms with E-state index < -0.39 is 0 Å². The predicted molar refractivity (Wildman–Crippen MR) is 106 cm³/mol. The number of fused-ring (bicyclic) bond motifs is 2. The van der Waals surface area contributed by atoms with Crippen LogP contribution in [0.5, 0.6) is 0 Å². The largest absolute Gasteiger partial charge is 0.421 e. The number of benzene rings is 2. The lowest BCUT2D eigenvalue weighted by Crippen LogP contribution is -2.29. The average Bonchev–Trinajstić information content (AvgIpc) is 3.13. The Balaban J connectivity index is 1.81. The molecule has 1 aliphatic rings. The Morgan fingerprint density at radius 1 is 1.15 bits per heavy atom. The molecular weight excluding hydrogens is 362 g/mol. The third-order valence-electron chi connectivity index (χ3n) is 4.59. The quantitative estimate of drug-likeness (QED) is 0.629. The van der Waals surface area contributed by atoms with E-state index in [1.165, 1.54) is 0 Å². The monoisotopic (exact) mass is 379 g/mol. The molecule has 2 aromatic carbocycles. The van der Waals surface area contributed by atoms with Crippen molar-refractivity contribution in [2.75, 3.05) is 4.90 Å². The summed E-state index contributed by atoms with van der Waals surface area (Å²) < 4.78 is 5.67. The second kappa shape index (κ2) is 7.00. The molecule has 1 amide bonds. The first-order valence-corrected chi connectivity index (χ1v) is 9.14. The lowest BCUT2D eigenvalue weighted by atomic mass is 9.99. The van der Waals surface area contributed by atoms with Crippen molar-refractivity contribution >= 4 is 35.3 Å². The number of carbonyl (C=O) groups is 1. The summed E-state index contributed by atoms with van der Waals surface area (Å²) in [7, 11) is 0. The highest BCUT2D eigenvalue weighted by Crippen LogP contribution is 2.32. The van der Waals surface area contributed by atoms with E-state index in [-0.39, 0.29) is 5.91 Å². The summed E-state index contributed by atoms with van der Waals surface area (Å²) in [5.41, 5.74) is 4.65. The number of hydrogen-bond donors (Lipinski definition) is 0. The minimum atomic E-state index is -0.0200. The minimum absolute atomic E-state index is 0.0200. The maximum atomic E-state index is 12.3. The van der Waals surface area contributed by atoms with Crippen LogP contribution in [0.15, 0.2) is 40.8 Å². The third-order valence-corrected chi connectivity index (χ3v) is 4.83. The van der Waals surface area contributed by atoms with Crippen LogP contribution in [0.1, 0.15) is 36.4 Å². The summed E-state index contributed by atoms with van der Waals surface area (Å²) in [5, 5.41) is 8.78. The molecule has 6 heteroatoms. The Bertz CT molecular complexity index is 1060. The van der Waals surface area contributed by atoms with Gasteiger partial charge in [0.2, 0.25) is 17.7 Å². The number of aromatic nitrogens is 2. The standard InChI is InChI=1S/C21H18ClN3O2/c1-3-20-23-24-21(27-20)16-6-7-17-12-25(13(2)26)19-9-8-18(22)11-15(19)5-4-14(17)10-16/h4-11H,3,12H2,1-2H3. The molecule has 0 N–H and O–H groups in total. The maximum absolute atomic E-state index is 12.3. The normalized spacial score (nSPS) is 12.9. The zero-order valence-corrected chi connectivity index (χ0v) is 15.8. The van der Waals surface area contributed by atoms with E-state index in [0.717, 1.165) is 27.9 Å². The van der Waals surface area contributed by atoms with E-state index in [1.54, 1.807) is 17.9 Å². The molecular formula is C21H18ClN3O2. The molecule has 4 rings (SSSR count). The van der Waals surface area contributed by atoms with E-state index in [2.05, 4.69) is 10.2 Å². The number of anilines is 1. The molecule has 136 valence electrons. The molecule has 0 aliphatic carbocycles. The number of rotatable bonds is 2. The first-order valence-electron chi connectivity index (χ1n) is 8.76. The molecule has 5 nitrogen and oxygen atoms in total. The summed E-state index contributed by atoms with van der Waals surface area (Å²) in [6.45, 7) is 4.02. The summed E-state index contributed by atoms with van der Waals surface area (Å²) in [4.78, 5) is 14.0. The second-order valence-electron chi connectivity index (χ2n) is 6.41. The molecule has 2 heterocycles. The van der Waals surface area contributed by atoms with Gasteiger partial charge < -0.3 is 9.32 Å². The van der Waals surface area contributed by atoms with Crippen LogP contribution in [0.3, 0.4) is 0 Å². The fraction of sp³-hybridized carbons (Fsp3) is 0.190. The van der Waals surface area contributed by atoms with Crippen molar-refractivity contribution in [3.05, 3.63) is 64.0 Å². The Kier molecular flexibility index (Phi) is 4.54. The van der Waals surface area contributed by atoms with Crippen molar-refractivity contribution in [3.8, 4) is 11.5 Å². The van der Waals surface area contributed by atoms with Gasteiger partial charge in [0.25, 0.3) is 0 Å². The number of nitrogens with zero attached hydrogens (tertiary/aromatic N) is 3. The molecule has 0 bridgehead atoms. The van der Waals surface area contributed by atoms with Crippen molar-refractivity contribution in [1.29, 1.82) is 0 Å². The van der Waals surface area contributed by atoms with Gasteiger partial charge in [0.05, 0.1) is 12.2 Å². The fourth-order valence-corrected chi connectivity index (χ4v) is 3.34. The molecule has 0 fully saturated rings. The van der Waals surface area contributed by atoms with Gasteiger partial charge >= 0.3 is 0 Å². The molecule has 0 atom stereocenters. The maximum Gasteiger partial charge on any atom is 0.247 e. The van der Waals surface area contributed by atoms with Crippen molar-refractivity contribution in [2.24, 2.45) is 0 Å². The number of hydrogen-bond acceptors (Lipinski definition) is 4. The number of halogens is 1. The second-order valence-corrected chi connectivity index (χ2v) is 6.85. The number of carbonyl (C=O) groups excluding carboxylic acids is 1. The lowest BCUT2D eigenvalue weighted by Gasteiger charge is -2.26. The molecule has 0 spiro atoms. The molecule has 0 saturated heterocycles. The van der Waals surface area contributed by atoms with Crippen molar-refractivity contribution in [2.45, 2.75) is 26.8 Å². The SMILES string of the molecule is CCc1nnc(-c2ccc3c(c2)C=Cc2cc(Cl)ccc2N(C(C)=O)C3)o1. The molecule has 0 unspecified atom stereocenters. The van der Waals surface area contributed by atoms with Crippen LogP contribution >= 0.6 is 11.6 Å². The molecule has 1 aliphatic heterocycles. The molecule has 3 aromatic rings. The fourth-order valence-electron chi connectivity index (χ4n) is 3.16. The summed E-state index contributed by atoms with van der Waals surface area (Å²) in [6.07, 6.45) is 4.70. The third kappa shape index (κ3) is 3.38. The zero-order valence-electron chi connectivity index (χ0n) is 15.1. The molecule has 0 saturated carbocycles. The van der Waals surface area contributed by atoms with Crippen molar-refractivity contribution in [3.63, 3.8) is 0 Å². The summed E-state index contributed by atoms with van der Waals surface area (Å²) in [5.74, 6) is 1.09. The van der Waals surface area contributed by atoms with Crippen LogP contribution in [0.2, 0.25) is 5.02 Å².